The van der Waals surface area contributed by atoms with Crippen molar-refractivity contribution in [2.45, 2.75) is 30.7 Å². The van der Waals surface area contributed by atoms with Crippen molar-refractivity contribution < 1.29 is 18.7 Å². The Hall–Kier alpha value is -3.86. The lowest BCUT2D eigenvalue weighted by molar-refractivity contribution is -0.136. The van der Waals surface area contributed by atoms with Gasteiger partial charge in [-0.25, -0.2) is 4.39 Å². The number of nitrogens with one attached hydrogen (secondary N) is 1. The Kier molecular flexibility index (Phi) is 5.93. The molecule has 0 bridgehead atoms. The molecule has 1 amide bonds. The number of carbonyl (C=O) groups excluding carboxylic acids is 2. The summed E-state index contributed by atoms with van der Waals surface area (Å²) in [6.07, 6.45) is 1.67. The second-order valence-corrected chi connectivity index (χ2v) is 9.18. The number of ether oxygens (including phenoxy) is 1. The third-order valence-electron chi connectivity index (χ3n) is 7.25. The summed E-state index contributed by atoms with van der Waals surface area (Å²) < 4.78 is 18.9. The highest BCUT2D eigenvalue weighted by Gasteiger charge is 2.57. The fraction of sp³-hybridized carbons (Fsp3) is 0.370. The average Bonchev–Trinajstić information content (AvgIpc) is 3.26. The van der Waals surface area contributed by atoms with E-state index in [-0.39, 0.29) is 11.7 Å². The SMILES string of the molecule is COc1ccc(N2CCN(C(=O)C3(C#N)NC4=C(C(=O)CCC4)C3c3ccc(F)cc3)CC2)cc1. The summed E-state index contributed by atoms with van der Waals surface area (Å²) >= 11 is 0. The van der Waals surface area contributed by atoms with Crippen LogP contribution in [-0.2, 0) is 9.59 Å². The molecule has 1 saturated heterocycles. The Balaban J connectivity index is 1.42. The van der Waals surface area contributed by atoms with E-state index in [9.17, 15) is 19.2 Å². The normalized spacial score (nSPS) is 24.0. The molecule has 0 spiro atoms. The molecular formula is C27H27FN4O3. The first-order valence-electron chi connectivity index (χ1n) is 11.9. The van der Waals surface area contributed by atoms with Crippen LogP contribution < -0.4 is 15.0 Å². The first-order chi connectivity index (χ1) is 17.0. The molecule has 2 aromatic rings. The molecule has 0 aromatic heterocycles. The molecule has 180 valence electrons. The third kappa shape index (κ3) is 3.91. The highest BCUT2D eigenvalue weighted by molar-refractivity contribution is 6.04. The lowest BCUT2D eigenvalue weighted by Gasteiger charge is -2.40. The zero-order valence-electron chi connectivity index (χ0n) is 19.6. The Morgan fingerprint density at radius 3 is 2.40 bits per heavy atom. The van der Waals surface area contributed by atoms with E-state index < -0.39 is 17.3 Å². The number of nitrogens with zero attached hydrogens (tertiary/aromatic N) is 3. The monoisotopic (exact) mass is 474 g/mol. The van der Waals surface area contributed by atoms with E-state index in [2.05, 4.69) is 16.3 Å². The number of piperazine rings is 1. The van der Waals surface area contributed by atoms with Crippen LogP contribution in [0.3, 0.4) is 0 Å². The number of hydrogen-bond donors (Lipinski definition) is 1. The quantitative estimate of drug-likeness (QED) is 0.733. The maximum Gasteiger partial charge on any atom is 0.264 e. The van der Waals surface area contributed by atoms with Crippen LogP contribution in [0.4, 0.5) is 10.1 Å². The molecule has 5 rings (SSSR count). The summed E-state index contributed by atoms with van der Waals surface area (Å²) in [5.41, 5.74) is 1.16. The molecule has 2 atom stereocenters. The van der Waals surface area contributed by atoms with Crippen LogP contribution in [0.25, 0.3) is 0 Å². The third-order valence-corrected chi connectivity index (χ3v) is 7.25. The summed E-state index contributed by atoms with van der Waals surface area (Å²) in [6.45, 7) is 2.13. The number of nitriles is 1. The molecule has 3 aliphatic rings. The minimum atomic E-state index is -1.63. The maximum atomic E-state index is 14.0. The van der Waals surface area contributed by atoms with Crippen molar-refractivity contribution in [1.82, 2.24) is 10.2 Å². The Morgan fingerprint density at radius 1 is 1.09 bits per heavy atom. The smallest absolute Gasteiger partial charge is 0.264 e. The van der Waals surface area contributed by atoms with Crippen LogP contribution >= 0.6 is 0 Å². The molecule has 2 heterocycles. The van der Waals surface area contributed by atoms with Crippen LogP contribution in [-0.4, -0.2) is 55.4 Å². The number of anilines is 1. The van der Waals surface area contributed by atoms with Crippen LogP contribution in [0.2, 0.25) is 0 Å². The summed E-state index contributed by atoms with van der Waals surface area (Å²) in [4.78, 5) is 30.8. The molecule has 1 aliphatic carbocycles. The van der Waals surface area contributed by atoms with E-state index >= 15 is 0 Å². The van der Waals surface area contributed by atoms with E-state index in [4.69, 9.17) is 4.74 Å². The zero-order chi connectivity index (χ0) is 24.6. The molecule has 1 N–H and O–H groups in total. The molecule has 35 heavy (non-hydrogen) atoms. The van der Waals surface area contributed by atoms with Crippen LogP contribution in [0.5, 0.6) is 5.75 Å². The molecule has 7 nitrogen and oxygen atoms in total. The molecule has 8 heteroatoms. The minimum Gasteiger partial charge on any atom is -0.497 e. The number of amides is 1. The van der Waals surface area contributed by atoms with Gasteiger partial charge in [0, 0.05) is 49.6 Å². The predicted molar refractivity (Wildman–Crippen MR) is 128 cm³/mol. The number of benzene rings is 2. The van der Waals surface area contributed by atoms with Crippen molar-refractivity contribution in [2.75, 3.05) is 38.2 Å². The second-order valence-electron chi connectivity index (χ2n) is 9.18. The van der Waals surface area contributed by atoms with Crippen LogP contribution in [0, 0.1) is 17.1 Å². The van der Waals surface area contributed by atoms with Gasteiger partial charge in [-0.2, -0.15) is 5.26 Å². The Bertz CT molecular complexity index is 1210. The fourth-order valence-corrected chi connectivity index (χ4v) is 5.45. The number of methoxy groups -OCH3 is 1. The van der Waals surface area contributed by atoms with Crippen molar-refractivity contribution in [2.24, 2.45) is 0 Å². The number of halogens is 1. The van der Waals surface area contributed by atoms with Crippen molar-refractivity contribution >= 4 is 17.4 Å². The highest BCUT2D eigenvalue weighted by atomic mass is 19.1. The van der Waals surface area contributed by atoms with Gasteiger partial charge in [0.05, 0.1) is 13.0 Å². The van der Waals surface area contributed by atoms with Gasteiger partial charge >= 0.3 is 0 Å². The first kappa shape index (κ1) is 22.9. The van der Waals surface area contributed by atoms with Gasteiger partial charge in [0.1, 0.15) is 17.6 Å². The van der Waals surface area contributed by atoms with Crippen molar-refractivity contribution in [3.05, 3.63) is 71.2 Å². The van der Waals surface area contributed by atoms with Gasteiger partial charge in [-0.15, -0.1) is 0 Å². The standard InChI is InChI=1S/C27H27FN4O3/c1-35-21-11-9-20(10-12-21)31-13-15-32(16-14-31)26(34)27(17-29)25(18-5-7-19(28)8-6-18)24-22(30-27)3-2-4-23(24)33/h5-12,25,30H,2-4,13-16H2,1H3. The largest absolute Gasteiger partial charge is 0.497 e. The zero-order valence-corrected chi connectivity index (χ0v) is 19.6. The molecule has 2 aliphatic heterocycles. The number of rotatable bonds is 4. The summed E-state index contributed by atoms with van der Waals surface area (Å²) in [5, 5.41) is 13.6. The predicted octanol–water partition coefficient (Wildman–Crippen LogP) is 3.14. The Labute approximate surface area is 203 Å². The van der Waals surface area contributed by atoms with E-state index in [1.807, 2.05) is 24.3 Å². The lowest BCUT2D eigenvalue weighted by Crippen LogP contribution is -2.61. The lowest BCUT2D eigenvalue weighted by atomic mass is 9.74. The molecule has 0 radical (unpaired) electrons. The summed E-state index contributed by atoms with van der Waals surface area (Å²) in [5.74, 6) is -0.799. The van der Waals surface area contributed by atoms with E-state index in [0.29, 0.717) is 62.3 Å². The summed E-state index contributed by atoms with van der Waals surface area (Å²) in [7, 11) is 1.63. The van der Waals surface area contributed by atoms with Gasteiger partial charge in [0.2, 0.25) is 5.54 Å². The van der Waals surface area contributed by atoms with E-state index in [0.717, 1.165) is 11.4 Å². The molecule has 0 saturated carbocycles. The average molecular weight is 475 g/mol. The van der Waals surface area contributed by atoms with E-state index in [1.165, 1.54) is 12.1 Å². The first-order valence-corrected chi connectivity index (χ1v) is 11.9. The number of allylic oxidation sites excluding steroid dienone is 1. The van der Waals surface area contributed by atoms with Crippen molar-refractivity contribution in [3.8, 4) is 11.8 Å². The number of ketones is 1. The van der Waals surface area contributed by atoms with Gasteiger partial charge in [0.25, 0.3) is 5.91 Å². The van der Waals surface area contributed by atoms with Gasteiger partial charge in [-0.1, -0.05) is 12.1 Å². The number of Topliss-reactive ketones (excluding diaryl/α,β-unsaturated/α-hetero) is 1. The van der Waals surface area contributed by atoms with Crippen LogP contribution in [0.1, 0.15) is 30.7 Å². The van der Waals surface area contributed by atoms with Crippen LogP contribution in [0.15, 0.2) is 59.8 Å². The fourth-order valence-electron chi connectivity index (χ4n) is 5.45. The van der Waals surface area contributed by atoms with Gasteiger partial charge in [-0.05, 0) is 54.8 Å². The van der Waals surface area contributed by atoms with Gasteiger partial charge in [-0.3, -0.25) is 9.59 Å². The highest BCUT2D eigenvalue weighted by Crippen LogP contribution is 2.46. The van der Waals surface area contributed by atoms with Crippen molar-refractivity contribution in [3.63, 3.8) is 0 Å². The molecule has 1 fully saturated rings. The van der Waals surface area contributed by atoms with E-state index in [1.54, 1.807) is 24.1 Å². The summed E-state index contributed by atoms with van der Waals surface area (Å²) in [6, 6.07) is 15.8. The molecule has 2 aromatic carbocycles. The van der Waals surface area contributed by atoms with Crippen molar-refractivity contribution in [1.29, 1.82) is 5.26 Å². The van der Waals surface area contributed by atoms with Gasteiger partial charge in [0.15, 0.2) is 5.78 Å². The topological polar surface area (TPSA) is 85.7 Å². The number of hydrogen-bond acceptors (Lipinski definition) is 6. The minimum absolute atomic E-state index is 0.0534. The second kappa shape index (κ2) is 9.06. The number of carbonyl (C=O) groups is 2. The molecular weight excluding hydrogens is 447 g/mol. The molecule has 2 unspecified atom stereocenters. The van der Waals surface area contributed by atoms with Gasteiger partial charge < -0.3 is 19.9 Å². The Morgan fingerprint density at radius 2 is 1.77 bits per heavy atom. The maximum absolute atomic E-state index is 14.0.